The van der Waals surface area contributed by atoms with Crippen LogP contribution in [0.3, 0.4) is 0 Å². The first-order valence-corrected chi connectivity index (χ1v) is 7.33. The number of aryl methyl sites for hydroxylation is 1. The van der Waals surface area contributed by atoms with E-state index in [4.69, 9.17) is 0 Å². The Morgan fingerprint density at radius 1 is 1.22 bits per heavy atom. The molecule has 0 atom stereocenters. The van der Waals surface area contributed by atoms with Gasteiger partial charge in [0.05, 0.1) is 17.4 Å². The van der Waals surface area contributed by atoms with Crippen LogP contribution in [0.25, 0.3) is 10.2 Å². The molecule has 3 aromatic rings. The minimum atomic E-state index is 0.908. The second-order valence-corrected chi connectivity index (χ2v) is 6.59. The molecule has 0 fully saturated rings. The standard InChI is InChI=1S/C13H13N3S2/c1-9-3-4-10(17-9)8-16(2)13-15-11-7-14-6-5-12(11)18-13/h3-7H,8H2,1-2H3. The first-order chi connectivity index (χ1) is 8.72. The summed E-state index contributed by atoms with van der Waals surface area (Å²) in [5.74, 6) is 0. The highest BCUT2D eigenvalue weighted by molar-refractivity contribution is 7.22. The van der Waals surface area contributed by atoms with Crippen LogP contribution >= 0.6 is 22.7 Å². The Bertz CT molecular complexity index is 638. The zero-order valence-corrected chi connectivity index (χ0v) is 11.9. The van der Waals surface area contributed by atoms with Crippen molar-refractivity contribution >= 4 is 38.0 Å². The van der Waals surface area contributed by atoms with Gasteiger partial charge in [0, 0.05) is 23.0 Å². The lowest BCUT2D eigenvalue weighted by atomic mass is 10.4. The summed E-state index contributed by atoms with van der Waals surface area (Å²) in [6.07, 6.45) is 3.63. The normalized spacial score (nSPS) is 11.0. The largest absolute Gasteiger partial charge is 0.346 e. The van der Waals surface area contributed by atoms with E-state index in [0.717, 1.165) is 17.2 Å². The molecule has 0 amide bonds. The number of pyridine rings is 1. The Balaban J connectivity index is 1.85. The summed E-state index contributed by atoms with van der Waals surface area (Å²) in [4.78, 5) is 13.6. The quantitative estimate of drug-likeness (QED) is 0.730. The molecule has 0 spiro atoms. The van der Waals surface area contributed by atoms with Crippen LogP contribution < -0.4 is 4.90 Å². The minimum Gasteiger partial charge on any atom is -0.346 e. The van der Waals surface area contributed by atoms with Crippen molar-refractivity contribution in [1.29, 1.82) is 0 Å². The van der Waals surface area contributed by atoms with Crippen LogP contribution in [0.15, 0.2) is 30.6 Å². The van der Waals surface area contributed by atoms with Gasteiger partial charge >= 0.3 is 0 Å². The summed E-state index contributed by atoms with van der Waals surface area (Å²) in [6, 6.07) is 6.36. The highest BCUT2D eigenvalue weighted by Crippen LogP contribution is 2.28. The summed E-state index contributed by atoms with van der Waals surface area (Å²) < 4.78 is 1.19. The number of thiazole rings is 1. The van der Waals surface area contributed by atoms with E-state index in [1.165, 1.54) is 14.5 Å². The van der Waals surface area contributed by atoms with Gasteiger partial charge in [0.1, 0.15) is 5.52 Å². The van der Waals surface area contributed by atoms with Crippen LogP contribution in [0.5, 0.6) is 0 Å². The predicted octanol–water partition coefficient (Wildman–Crippen LogP) is 3.70. The van der Waals surface area contributed by atoms with Crippen LogP contribution in [0.1, 0.15) is 9.75 Å². The Kier molecular flexibility index (Phi) is 3.01. The first-order valence-electron chi connectivity index (χ1n) is 5.69. The number of fused-ring (bicyclic) bond motifs is 1. The van der Waals surface area contributed by atoms with Crippen molar-refractivity contribution in [2.75, 3.05) is 11.9 Å². The average Bonchev–Trinajstić information content (AvgIpc) is 2.95. The molecule has 0 bridgehead atoms. The van der Waals surface area contributed by atoms with Gasteiger partial charge in [-0.2, -0.15) is 0 Å². The third-order valence-corrected chi connectivity index (χ3v) is 4.83. The Morgan fingerprint density at radius 2 is 2.11 bits per heavy atom. The number of hydrogen-bond acceptors (Lipinski definition) is 5. The van der Waals surface area contributed by atoms with Gasteiger partial charge in [0.2, 0.25) is 0 Å². The van der Waals surface area contributed by atoms with E-state index in [-0.39, 0.29) is 0 Å². The molecule has 5 heteroatoms. The molecule has 0 aromatic carbocycles. The zero-order chi connectivity index (χ0) is 12.5. The van der Waals surface area contributed by atoms with Gasteiger partial charge in [-0.05, 0) is 25.1 Å². The Morgan fingerprint density at radius 3 is 2.83 bits per heavy atom. The fourth-order valence-electron chi connectivity index (χ4n) is 1.80. The van der Waals surface area contributed by atoms with E-state index in [1.54, 1.807) is 11.3 Å². The lowest BCUT2D eigenvalue weighted by Crippen LogP contribution is -2.14. The molecule has 0 unspecified atom stereocenters. The molecular formula is C13H13N3S2. The van der Waals surface area contributed by atoms with E-state index in [0.29, 0.717) is 0 Å². The van der Waals surface area contributed by atoms with Crippen LogP contribution in [0.4, 0.5) is 5.13 Å². The van der Waals surface area contributed by atoms with Gasteiger partial charge < -0.3 is 4.90 Å². The van der Waals surface area contributed by atoms with Gasteiger partial charge in [0.15, 0.2) is 5.13 Å². The second kappa shape index (κ2) is 4.66. The molecule has 3 heterocycles. The van der Waals surface area contributed by atoms with Crippen molar-refractivity contribution in [2.24, 2.45) is 0 Å². The molecule has 0 N–H and O–H groups in total. The first kappa shape index (κ1) is 11.6. The number of hydrogen-bond donors (Lipinski definition) is 0. The van der Waals surface area contributed by atoms with Crippen LogP contribution in [-0.4, -0.2) is 17.0 Å². The molecular weight excluding hydrogens is 262 g/mol. The number of nitrogens with zero attached hydrogens (tertiary/aromatic N) is 3. The van der Waals surface area contributed by atoms with Gasteiger partial charge in [0.25, 0.3) is 0 Å². The van der Waals surface area contributed by atoms with Crippen molar-refractivity contribution in [3.05, 3.63) is 40.3 Å². The van der Waals surface area contributed by atoms with Crippen LogP contribution in [0.2, 0.25) is 0 Å². The lowest BCUT2D eigenvalue weighted by Gasteiger charge is -2.13. The number of rotatable bonds is 3. The maximum atomic E-state index is 4.60. The molecule has 0 saturated heterocycles. The predicted molar refractivity (Wildman–Crippen MR) is 78.6 cm³/mol. The monoisotopic (exact) mass is 275 g/mol. The summed E-state index contributed by atoms with van der Waals surface area (Å²) in [5.41, 5.74) is 0.978. The Hall–Kier alpha value is -1.46. The van der Waals surface area contributed by atoms with Gasteiger partial charge in [-0.1, -0.05) is 11.3 Å². The molecule has 92 valence electrons. The highest BCUT2D eigenvalue weighted by Gasteiger charge is 2.09. The number of anilines is 1. The topological polar surface area (TPSA) is 29.0 Å². The molecule has 0 aliphatic heterocycles. The van der Waals surface area contributed by atoms with Crippen molar-refractivity contribution in [3.63, 3.8) is 0 Å². The van der Waals surface area contributed by atoms with Gasteiger partial charge in [-0.3, -0.25) is 4.98 Å². The van der Waals surface area contributed by atoms with Crippen molar-refractivity contribution in [3.8, 4) is 0 Å². The van der Waals surface area contributed by atoms with Crippen LogP contribution in [0, 0.1) is 6.92 Å². The second-order valence-electron chi connectivity index (χ2n) is 4.21. The highest BCUT2D eigenvalue weighted by atomic mass is 32.1. The summed E-state index contributed by atoms with van der Waals surface area (Å²) in [5, 5.41) is 1.05. The third-order valence-electron chi connectivity index (χ3n) is 2.69. The summed E-state index contributed by atoms with van der Waals surface area (Å²) >= 11 is 3.55. The van der Waals surface area contributed by atoms with Crippen molar-refractivity contribution in [1.82, 2.24) is 9.97 Å². The molecule has 18 heavy (non-hydrogen) atoms. The lowest BCUT2D eigenvalue weighted by molar-refractivity contribution is 0.934. The maximum Gasteiger partial charge on any atom is 0.186 e. The fourth-order valence-corrected chi connectivity index (χ4v) is 3.64. The third kappa shape index (κ3) is 2.23. The molecule has 0 radical (unpaired) electrons. The molecule has 3 rings (SSSR count). The average molecular weight is 275 g/mol. The minimum absolute atomic E-state index is 0.908. The van der Waals surface area contributed by atoms with E-state index in [2.05, 4.69) is 41.0 Å². The molecule has 0 aliphatic carbocycles. The fraction of sp³-hybridized carbons (Fsp3) is 0.231. The molecule has 0 aliphatic rings. The molecule has 3 aromatic heterocycles. The van der Waals surface area contributed by atoms with Gasteiger partial charge in [-0.25, -0.2) is 4.98 Å². The van der Waals surface area contributed by atoms with E-state index in [9.17, 15) is 0 Å². The van der Waals surface area contributed by atoms with E-state index < -0.39 is 0 Å². The molecule has 3 nitrogen and oxygen atoms in total. The summed E-state index contributed by atoms with van der Waals surface area (Å²) in [6.45, 7) is 3.04. The smallest absolute Gasteiger partial charge is 0.186 e. The van der Waals surface area contributed by atoms with E-state index in [1.807, 2.05) is 29.8 Å². The van der Waals surface area contributed by atoms with Crippen molar-refractivity contribution in [2.45, 2.75) is 13.5 Å². The van der Waals surface area contributed by atoms with Crippen LogP contribution in [-0.2, 0) is 6.54 Å². The Labute approximate surface area is 114 Å². The number of thiophene rings is 1. The molecule has 0 saturated carbocycles. The SMILES string of the molecule is Cc1ccc(CN(C)c2nc3cnccc3s2)s1. The number of aromatic nitrogens is 2. The van der Waals surface area contributed by atoms with Gasteiger partial charge in [-0.15, -0.1) is 11.3 Å². The maximum absolute atomic E-state index is 4.60. The van der Waals surface area contributed by atoms with Crippen molar-refractivity contribution < 1.29 is 0 Å². The summed E-state index contributed by atoms with van der Waals surface area (Å²) in [7, 11) is 2.08. The van der Waals surface area contributed by atoms with E-state index >= 15 is 0 Å². The zero-order valence-electron chi connectivity index (χ0n) is 10.3.